The number of benzene rings is 1. The maximum Gasteiger partial charge on any atom is 0.152 e. The van der Waals surface area contributed by atoms with E-state index in [1.54, 1.807) is 7.11 Å². The molecule has 29 heavy (non-hydrogen) atoms. The summed E-state index contributed by atoms with van der Waals surface area (Å²) in [7, 11) is -1.23. The number of aryl methyl sites for hydroxylation is 1. The highest BCUT2D eigenvalue weighted by Crippen LogP contribution is 2.31. The fraction of sp³-hybridized carbons (Fsp3) is 0.571. The highest BCUT2D eigenvalue weighted by molar-refractivity contribution is 7.91. The molecular formula is C21H30N4O3S. The molecular weight excluding hydrogens is 388 g/mol. The molecule has 2 aliphatic rings. The Morgan fingerprint density at radius 3 is 2.38 bits per heavy atom. The van der Waals surface area contributed by atoms with Gasteiger partial charge in [-0.05, 0) is 38.0 Å². The van der Waals surface area contributed by atoms with Crippen LogP contribution in [0, 0.1) is 13.8 Å². The summed E-state index contributed by atoms with van der Waals surface area (Å²) in [4.78, 5) is 4.87. The molecule has 7 nitrogen and oxygen atoms in total. The molecule has 2 saturated heterocycles. The van der Waals surface area contributed by atoms with Crippen molar-refractivity contribution in [2.75, 3.05) is 49.7 Å². The van der Waals surface area contributed by atoms with Crippen molar-refractivity contribution in [1.29, 1.82) is 0 Å². The number of ether oxygens (including phenoxy) is 1. The van der Waals surface area contributed by atoms with Crippen LogP contribution in [0.2, 0.25) is 0 Å². The lowest BCUT2D eigenvalue weighted by Gasteiger charge is -2.36. The number of aromatic nitrogens is 2. The highest BCUT2D eigenvalue weighted by Gasteiger charge is 2.32. The predicted octanol–water partition coefficient (Wildman–Crippen LogP) is 2.19. The Labute approximate surface area is 173 Å². The Morgan fingerprint density at radius 2 is 1.79 bits per heavy atom. The Hall–Kier alpha value is -2.06. The number of piperazine rings is 1. The lowest BCUT2D eigenvalue weighted by atomic mass is 10.1. The maximum atomic E-state index is 11.9. The van der Waals surface area contributed by atoms with Crippen LogP contribution < -0.4 is 9.64 Å². The number of hydrogen-bond donors (Lipinski definition) is 0. The zero-order valence-corrected chi connectivity index (χ0v) is 18.3. The van der Waals surface area contributed by atoms with Gasteiger partial charge in [0.15, 0.2) is 9.84 Å². The number of anilines is 1. The third kappa shape index (κ3) is 4.28. The minimum atomic E-state index is -2.92. The van der Waals surface area contributed by atoms with Crippen LogP contribution in [0.1, 0.15) is 29.4 Å². The van der Waals surface area contributed by atoms with E-state index in [1.165, 1.54) is 11.3 Å². The van der Waals surface area contributed by atoms with Gasteiger partial charge in [0.25, 0.3) is 0 Å². The van der Waals surface area contributed by atoms with Gasteiger partial charge in [-0.15, -0.1) is 0 Å². The molecule has 2 aliphatic heterocycles. The van der Waals surface area contributed by atoms with Gasteiger partial charge >= 0.3 is 0 Å². The van der Waals surface area contributed by atoms with E-state index in [0.29, 0.717) is 6.42 Å². The lowest BCUT2D eigenvalue weighted by molar-refractivity contribution is 0.249. The number of rotatable bonds is 5. The summed E-state index contributed by atoms with van der Waals surface area (Å²) in [5.74, 6) is 1.37. The summed E-state index contributed by atoms with van der Waals surface area (Å²) < 4.78 is 30.9. The second kappa shape index (κ2) is 7.99. The molecule has 2 fully saturated rings. The molecule has 8 heteroatoms. The third-order valence-corrected chi connectivity index (χ3v) is 7.85. The predicted molar refractivity (Wildman–Crippen MR) is 114 cm³/mol. The van der Waals surface area contributed by atoms with Crippen LogP contribution >= 0.6 is 0 Å². The molecule has 2 aromatic rings. The second-order valence-electron chi connectivity index (χ2n) is 8.13. The van der Waals surface area contributed by atoms with E-state index in [9.17, 15) is 8.42 Å². The van der Waals surface area contributed by atoms with Gasteiger partial charge in [-0.2, -0.15) is 5.10 Å². The fourth-order valence-corrected chi connectivity index (χ4v) is 6.25. The van der Waals surface area contributed by atoms with E-state index in [2.05, 4.69) is 28.9 Å². The monoisotopic (exact) mass is 418 g/mol. The Kier molecular flexibility index (Phi) is 5.57. The van der Waals surface area contributed by atoms with Gasteiger partial charge in [-0.1, -0.05) is 12.1 Å². The summed E-state index contributed by atoms with van der Waals surface area (Å²) in [5, 5.41) is 4.72. The maximum absolute atomic E-state index is 11.9. The molecule has 0 radical (unpaired) electrons. The fourth-order valence-electron chi connectivity index (χ4n) is 4.55. The summed E-state index contributed by atoms with van der Waals surface area (Å²) in [6.07, 6.45) is 0.666. The van der Waals surface area contributed by atoms with E-state index in [1.807, 2.05) is 23.7 Å². The molecule has 0 N–H and O–H groups in total. The first-order valence-corrected chi connectivity index (χ1v) is 12.0. The van der Waals surface area contributed by atoms with Crippen molar-refractivity contribution in [3.05, 3.63) is 41.2 Å². The SMILES string of the molecule is COc1ccc(CN2CCN(c3c(C)nn(C4CCS(=O)(=O)C4)c3C)CC2)cc1. The quantitative estimate of drug-likeness (QED) is 0.742. The van der Waals surface area contributed by atoms with Crippen LogP contribution in [0.15, 0.2) is 24.3 Å². The average Bonchev–Trinajstić information content (AvgIpc) is 3.21. The van der Waals surface area contributed by atoms with Crippen LogP contribution in [0.25, 0.3) is 0 Å². The van der Waals surface area contributed by atoms with Crippen molar-refractivity contribution >= 4 is 15.5 Å². The first-order valence-electron chi connectivity index (χ1n) is 10.2. The Balaban J connectivity index is 1.40. The van der Waals surface area contributed by atoms with Gasteiger partial charge in [0.1, 0.15) is 5.75 Å². The van der Waals surface area contributed by atoms with E-state index in [4.69, 9.17) is 9.84 Å². The van der Waals surface area contributed by atoms with E-state index < -0.39 is 9.84 Å². The standard InChI is InChI=1S/C21H30N4O3S/c1-16-21(17(2)25(22-16)19-8-13-29(26,27)15-19)24-11-9-23(10-12-24)14-18-4-6-20(28-3)7-5-18/h4-7,19H,8-15H2,1-3H3. The first-order chi connectivity index (χ1) is 13.9. The zero-order chi connectivity index (χ0) is 20.6. The number of hydrogen-bond acceptors (Lipinski definition) is 6. The Bertz CT molecular complexity index is 961. The molecule has 0 spiro atoms. The van der Waals surface area contributed by atoms with Gasteiger partial charge < -0.3 is 9.64 Å². The van der Waals surface area contributed by atoms with Crippen molar-refractivity contribution in [2.24, 2.45) is 0 Å². The van der Waals surface area contributed by atoms with Crippen LogP contribution in [-0.4, -0.2) is 67.9 Å². The second-order valence-corrected chi connectivity index (χ2v) is 10.4. The molecule has 1 aromatic carbocycles. The Morgan fingerprint density at radius 1 is 1.10 bits per heavy atom. The van der Waals surface area contributed by atoms with Crippen molar-refractivity contribution in [2.45, 2.75) is 32.9 Å². The van der Waals surface area contributed by atoms with Crippen LogP contribution in [0.3, 0.4) is 0 Å². The summed E-state index contributed by atoms with van der Waals surface area (Å²) in [5.41, 5.74) is 4.56. The molecule has 0 saturated carbocycles. The van der Waals surface area contributed by atoms with E-state index in [-0.39, 0.29) is 17.5 Å². The van der Waals surface area contributed by atoms with Crippen LogP contribution in [-0.2, 0) is 16.4 Å². The third-order valence-electron chi connectivity index (χ3n) is 6.09. The first kappa shape index (κ1) is 20.2. The molecule has 4 rings (SSSR count). The van der Waals surface area contributed by atoms with Crippen molar-refractivity contribution in [3.8, 4) is 5.75 Å². The molecule has 3 heterocycles. The van der Waals surface area contributed by atoms with Crippen LogP contribution in [0.5, 0.6) is 5.75 Å². The molecule has 1 aromatic heterocycles. The van der Waals surface area contributed by atoms with E-state index >= 15 is 0 Å². The van der Waals surface area contributed by atoms with Crippen molar-refractivity contribution < 1.29 is 13.2 Å². The largest absolute Gasteiger partial charge is 0.497 e. The highest BCUT2D eigenvalue weighted by atomic mass is 32.2. The molecule has 158 valence electrons. The van der Waals surface area contributed by atoms with Crippen molar-refractivity contribution in [3.63, 3.8) is 0 Å². The molecule has 1 unspecified atom stereocenters. The minimum Gasteiger partial charge on any atom is -0.497 e. The van der Waals surface area contributed by atoms with Crippen molar-refractivity contribution in [1.82, 2.24) is 14.7 Å². The van der Waals surface area contributed by atoms with Gasteiger partial charge in [-0.3, -0.25) is 9.58 Å². The van der Waals surface area contributed by atoms with E-state index in [0.717, 1.165) is 49.9 Å². The van der Waals surface area contributed by atoms with Gasteiger partial charge in [0, 0.05) is 32.7 Å². The minimum absolute atomic E-state index is 0.0242. The number of nitrogens with zero attached hydrogens (tertiary/aromatic N) is 4. The summed E-state index contributed by atoms with van der Waals surface area (Å²) in [6, 6.07) is 8.24. The van der Waals surface area contributed by atoms with Crippen LogP contribution in [0.4, 0.5) is 5.69 Å². The number of methoxy groups -OCH3 is 1. The van der Waals surface area contributed by atoms with Gasteiger partial charge in [-0.25, -0.2) is 8.42 Å². The number of sulfone groups is 1. The molecule has 1 atom stereocenters. The smallest absolute Gasteiger partial charge is 0.152 e. The molecule has 0 bridgehead atoms. The molecule has 0 amide bonds. The zero-order valence-electron chi connectivity index (χ0n) is 17.5. The normalized spacial score (nSPS) is 22.2. The van der Waals surface area contributed by atoms with Gasteiger partial charge in [0.2, 0.25) is 0 Å². The topological polar surface area (TPSA) is 67.7 Å². The summed E-state index contributed by atoms with van der Waals surface area (Å²) >= 11 is 0. The lowest BCUT2D eigenvalue weighted by Crippen LogP contribution is -2.46. The average molecular weight is 419 g/mol. The van der Waals surface area contributed by atoms with Gasteiger partial charge in [0.05, 0.1) is 41.7 Å². The summed E-state index contributed by atoms with van der Waals surface area (Å²) in [6.45, 7) is 8.94. The molecule has 0 aliphatic carbocycles.